The van der Waals surface area contributed by atoms with E-state index in [4.69, 9.17) is 37.9 Å². The predicted molar refractivity (Wildman–Crippen MR) is 198 cm³/mol. The topological polar surface area (TPSA) is 176 Å². The Morgan fingerprint density at radius 3 is 1.96 bits per heavy atom. The SMILES string of the molecule is C/C=C(/C)C(=O)O[C@@H]1[C@H](O[C@H]2O[C@@H](C)[C@@H](OC(C)=O)[C@@H](OC(C)=O)[C@@H]2OC(C)=O)C[C@@]2(C)[C@H](CC/C(=C/COC(C)=O)COC(C)=O)C(C)=CC[C@@H]2C1(C)C. The lowest BCUT2D eigenvalue weighted by Gasteiger charge is -2.61. The van der Waals surface area contributed by atoms with Gasteiger partial charge in [-0.3, -0.25) is 24.0 Å². The lowest BCUT2D eigenvalue weighted by Crippen LogP contribution is -2.65. The van der Waals surface area contributed by atoms with E-state index in [0.29, 0.717) is 31.3 Å². The molecule has 3 rings (SSSR count). The predicted octanol–water partition coefficient (Wildman–Crippen LogP) is 5.64. The molecule has 0 radical (unpaired) electrons. The molecule has 1 aliphatic heterocycles. The lowest BCUT2D eigenvalue weighted by molar-refractivity contribution is -0.329. The van der Waals surface area contributed by atoms with Crippen LogP contribution in [0.5, 0.6) is 0 Å². The van der Waals surface area contributed by atoms with Crippen molar-refractivity contribution < 1.29 is 66.7 Å². The van der Waals surface area contributed by atoms with E-state index in [1.165, 1.54) is 40.2 Å². The van der Waals surface area contributed by atoms with Crippen LogP contribution in [0.3, 0.4) is 0 Å². The Morgan fingerprint density at radius 1 is 0.818 bits per heavy atom. The molecule has 1 saturated heterocycles. The Bertz CT molecular complexity index is 1540. The molecular weight excluding hydrogens is 716 g/mol. The highest BCUT2D eigenvalue weighted by Gasteiger charge is 2.62. The Hall–Kier alpha value is -4.04. The number of carbonyl (C=O) groups excluding carboxylic acids is 6. The first-order valence-corrected chi connectivity index (χ1v) is 18.9. The average molecular weight is 777 g/mol. The molecule has 0 aromatic carbocycles. The third kappa shape index (κ3) is 11.5. The van der Waals surface area contributed by atoms with Gasteiger partial charge < -0.3 is 37.9 Å². The molecule has 2 aliphatic carbocycles. The highest BCUT2D eigenvalue weighted by atomic mass is 16.7. The van der Waals surface area contributed by atoms with Crippen molar-refractivity contribution in [1.29, 1.82) is 0 Å². The Morgan fingerprint density at radius 2 is 1.40 bits per heavy atom. The molecule has 308 valence electrons. The molecule has 0 unspecified atom stereocenters. The molecule has 1 heterocycles. The summed E-state index contributed by atoms with van der Waals surface area (Å²) in [7, 11) is 0. The summed E-state index contributed by atoms with van der Waals surface area (Å²) >= 11 is 0. The van der Waals surface area contributed by atoms with Gasteiger partial charge >= 0.3 is 35.8 Å². The number of ether oxygens (including phenoxy) is 8. The molecule has 3 aliphatic rings. The molecule has 0 amide bonds. The van der Waals surface area contributed by atoms with Crippen LogP contribution in [0.4, 0.5) is 0 Å². The second-order valence-corrected chi connectivity index (χ2v) is 15.7. The zero-order valence-electron chi connectivity index (χ0n) is 34.4. The smallest absolute Gasteiger partial charge is 0.333 e. The normalized spacial score (nSPS) is 31.9. The van der Waals surface area contributed by atoms with Crippen molar-refractivity contribution in [3.05, 3.63) is 34.9 Å². The minimum atomic E-state index is -1.35. The molecule has 0 aromatic heterocycles. The van der Waals surface area contributed by atoms with Crippen molar-refractivity contribution in [2.24, 2.45) is 22.7 Å². The number of rotatable bonds is 14. The van der Waals surface area contributed by atoms with E-state index in [2.05, 4.69) is 33.8 Å². The monoisotopic (exact) mass is 776 g/mol. The van der Waals surface area contributed by atoms with Crippen molar-refractivity contribution in [2.45, 2.75) is 152 Å². The first-order valence-electron chi connectivity index (χ1n) is 18.9. The van der Waals surface area contributed by atoms with Crippen molar-refractivity contribution in [3.8, 4) is 0 Å². The van der Waals surface area contributed by atoms with Gasteiger partial charge in [0.2, 0.25) is 0 Å². The molecule has 0 bridgehead atoms. The molecule has 10 atom stereocenters. The van der Waals surface area contributed by atoms with Gasteiger partial charge in [0, 0.05) is 45.6 Å². The fourth-order valence-corrected chi connectivity index (χ4v) is 8.65. The number of carbonyl (C=O) groups is 6. The van der Waals surface area contributed by atoms with Crippen molar-refractivity contribution in [2.75, 3.05) is 13.2 Å². The minimum Gasteiger partial charge on any atom is -0.462 e. The molecule has 14 heteroatoms. The number of hydrogen-bond donors (Lipinski definition) is 0. The summed E-state index contributed by atoms with van der Waals surface area (Å²) < 4.78 is 46.8. The number of fused-ring (bicyclic) bond motifs is 1. The van der Waals surface area contributed by atoms with Crippen LogP contribution >= 0.6 is 0 Å². The van der Waals surface area contributed by atoms with Gasteiger partial charge in [0.15, 0.2) is 24.6 Å². The van der Waals surface area contributed by atoms with E-state index < -0.39 is 89.6 Å². The Balaban J connectivity index is 2.11. The number of allylic oxidation sites excluding steroid dienone is 3. The third-order valence-electron chi connectivity index (χ3n) is 11.2. The molecule has 55 heavy (non-hydrogen) atoms. The summed E-state index contributed by atoms with van der Waals surface area (Å²) in [5.74, 6) is -3.44. The van der Waals surface area contributed by atoms with Crippen LogP contribution in [0.1, 0.15) is 109 Å². The van der Waals surface area contributed by atoms with Crippen LogP contribution in [0, 0.1) is 22.7 Å². The van der Waals surface area contributed by atoms with Gasteiger partial charge in [0.1, 0.15) is 19.3 Å². The fraction of sp³-hybridized carbons (Fsp3) is 0.707. The van der Waals surface area contributed by atoms with Crippen LogP contribution < -0.4 is 0 Å². The van der Waals surface area contributed by atoms with Crippen LogP contribution in [0.15, 0.2) is 34.9 Å². The van der Waals surface area contributed by atoms with Crippen LogP contribution in [0.2, 0.25) is 0 Å². The molecule has 1 saturated carbocycles. The first kappa shape index (κ1) is 45.4. The van der Waals surface area contributed by atoms with Crippen LogP contribution in [0.25, 0.3) is 0 Å². The van der Waals surface area contributed by atoms with E-state index in [9.17, 15) is 28.8 Å². The van der Waals surface area contributed by atoms with E-state index in [1.807, 2.05) is 0 Å². The molecule has 0 spiro atoms. The van der Waals surface area contributed by atoms with E-state index in [1.54, 1.807) is 32.9 Å². The van der Waals surface area contributed by atoms with Crippen LogP contribution in [-0.4, -0.2) is 91.9 Å². The summed E-state index contributed by atoms with van der Waals surface area (Å²) in [5, 5.41) is 0. The van der Waals surface area contributed by atoms with Crippen molar-refractivity contribution in [1.82, 2.24) is 0 Å². The van der Waals surface area contributed by atoms with Crippen molar-refractivity contribution in [3.63, 3.8) is 0 Å². The second kappa shape index (κ2) is 19.2. The Labute approximate surface area is 324 Å². The maximum atomic E-state index is 13.5. The quantitative estimate of drug-likeness (QED) is 0.0917. The van der Waals surface area contributed by atoms with E-state index >= 15 is 0 Å². The summed E-state index contributed by atoms with van der Waals surface area (Å²) in [6.45, 7) is 19.8. The summed E-state index contributed by atoms with van der Waals surface area (Å²) in [5.41, 5.74) is 1.25. The van der Waals surface area contributed by atoms with Gasteiger partial charge in [0.25, 0.3) is 0 Å². The molecule has 2 fully saturated rings. The molecule has 0 N–H and O–H groups in total. The second-order valence-electron chi connectivity index (χ2n) is 15.7. The maximum absolute atomic E-state index is 13.5. The largest absolute Gasteiger partial charge is 0.462 e. The zero-order valence-corrected chi connectivity index (χ0v) is 34.4. The summed E-state index contributed by atoms with van der Waals surface area (Å²) in [4.78, 5) is 73.7. The standard InChI is InChI=1S/C41H60O14/c1-13-22(2)38(47)55-37-32(54-39-36(53-29(9)46)35(52-28(8)45)34(24(4)50-39)51-27(7)44)20-41(12)31(23(3)14-17-33(41)40(37,10)11)16-15-30(21-49-26(6)43)18-19-48-25(5)42/h13-14,18,24,31-37,39H,15-17,19-21H2,1-12H3/b22-13-,30-18-/t24-,31+,32+,33+,34+,35+,36-,37+,39+,41-/m0/s1. The lowest BCUT2D eigenvalue weighted by atomic mass is 9.46. The summed E-state index contributed by atoms with van der Waals surface area (Å²) in [6.07, 6.45) is 0.398. The van der Waals surface area contributed by atoms with Gasteiger partial charge in [0.05, 0.1) is 12.2 Å². The number of esters is 6. The van der Waals surface area contributed by atoms with Gasteiger partial charge in [-0.2, -0.15) is 0 Å². The van der Waals surface area contributed by atoms with E-state index in [-0.39, 0.29) is 25.0 Å². The molecular formula is C41H60O14. The fourth-order valence-electron chi connectivity index (χ4n) is 8.65. The van der Waals surface area contributed by atoms with Crippen LogP contribution in [-0.2, 0) is 66.7 Å². The summed E-state index contributed by atoms with van der Waals surface area (Å²) in [6, 6.07) is 0. The highest BCUT2D eigenvalue weighted by Crippen LogP contribution is 2.62. The van der Waals surface area contributed by atoms with Gasteiger partial charge in [-0.25, -0.2) is 4.79 Å². The maximum Gasteiger partial charge on any atom is 0.333 e. The number of hydrogen-bond acceptors (Lipinski definition) is 14. The first-order chi connectivity index (χ1) is 25.6. The highest BCUT2D eigenvalue weighted by molar-refractivity contribution is 5.87. The van der Waals surface area contributed by atoms with Gasteiger partial charge in [-0.1, -0.05) is 38.5 Å². The third-order valence-corrected chi connectivity index (χ3v) is 11.2. The molecule has 14 nitrogen and oxygen atoms in total. The minimum absolute atomic E-state index is 0.00295. The average Bonchev–Trinajstić information content (AvgIpc) is 3.06. The van der Waals surface area contributed by atoms with Gasteiger partial charge in [-0.05, 0) is 82.3 Å². The van der Waals surface area contributed by atoms with Crippen molar-refractivity contribution >= 4 is 35.8 Å². The zero-order chi connectivity index (χ0) is 41.4. The molecule has 0 aromatic rings. The van der Waals surface area contributed by atoms with Gasteiger partial charge in [-0.15, -0.1) is 0 Å². The van der Waals surface area contributed by atoms with E-state index in [0.717, 1.165) is 5.57 Å². The Kier molecular flexibility index (Phi) is 15.8.